The molecule has 0 aliphatic rings. The van der Waals surface area contributed by atoms with Crippen molar-refractivity contribution < 1.29 is 4.92 Å². The van der Waals surface area contributed by atoms with Gasteiger partial charge in [-0.1, -0.05) is 28.9 Å². The molecule has 0 saturated carbocycles. The third-order valence-electron chi connectivity index (χ3n) is 2.65. The number of hydrogen-bond acceptors (Lipinski definition) is 3. The number of halogens is 1. The van der Waals surface area contributed by atoms with Gasteiger partial charge in [0.2, 0.25) is 0 Å². The second-order valence-corrected chi connectivity index (χ2v) is 5.07. The van der Waals surface area contributed by atoms with E-state index in [1.54, 1.807) is 6.07 Å². The smallest absolute Gasteiger partial charge is 0.270 e. The standard InChI is InChI=1S/C11H15BrN2O2/c1-3-11(2,13)7-8-4-5-9(14(15)16)6-10(8)12/h4-6H,3,7,13H2,1-2H3. The summed E-state index contributed by atoms with van der Waals surface area (Å²) in [5.41, 5.74) is 6.87. The Balaban J connectivity index is 2.96. The zero-order valence-corrected chi connectivity index (χ0v) is 11.0. The first-order valence-corrected chi connectivity index (χ1v) is 5.87. The number of nitrogens with zero attached hydrogens (tertiary/aromatic N) is 1. The summed E-state index contributed by atoms with van der Waals surface area (Å²) in [5.74, 6) is 0. The van der Waals surface area contributed by atoms with Gasteiger partial charge in [0.15, 0.2) is 0 Å². The summed E-state index contributed by atoms with van der Waals surface area (Å²) in [6, 6.07) is 4.77. The lowest BCUT2D eigenvalue weighted by Gasteiger charge is -2.23. The van der Waals surface area contributed by atoms with E-state index in [0.717, 1.165) is 16.5 Å². The third kappa shape index (κ3) is 3.28. The minimum atomic E-state index is -0.407. The Labute approximate surface area is 103 Å². The fourth-order valence-corrected chi connectivity index (χ4v) is 1.86. The van der Waals surface area contributed by atoms with Crippen LogP contribution in [-0.2, 0) is 6.42 Å². The van der Waals surface area contributed by atoms with E-state index in [0.29, 0.717) is 6.42 Å². The second-order valence-electron chi connectivity index (χ2n) is 4.22. The topological polar surface area (TPSA) is 69.2 Å². The van der Waals surface area contributed by atoms with Crippen molar-refractivity contribution in [1.29, 1.82) is 0 Å². The molecule has 1 aromatic carbocycles. The van der Waals surface area contributed by atoms with Crippen LogP contribution in [-0.4, -0.2) is 10.5 Å². The lowest BCUT2D eigenvalue weighted by molar-refractivity contribution is -0.384. The van der Waals surface area contributed by atoms with Crippen molar-refractivity contribution in [3.05, 3.63) is 38.3 Å². The van der Waals surface area contributed by atoms with Crippen LogP contribution in [0.3, 0.4) is 0 Å². The normalized spacial score (nSPS) is 14.5. The van der Waals surface area contributed by atoms with E-state index in [4.69, 9.17) is 5.73 Å². The maximum Gasteiger partial charge on any atom is 0.270 e. The number of hydrogen-bond donors (Lipinski definition) is 1. The molecule has 0 saturated heterocycles. The second kappa shape index (κ2) is 4.93. The molecule has 0 heterocycles. The number of nitro benzene ring substituents is 1. The molecule has 0 radical (unpaired) electrons. The van der Waals surface area contributed by atoms with Crippen LogP contribution in [0.2, 0.25) is 0 Å². The third-order valence-corrected chi connectivity index (χ3v) is 3.39. The van der Waals surface area contributed by atoms with Gasteiger partial charge in [-0.05, 0) is 25.3 Å². The van der Waals surface area contributed by atoms with Crippen LogP contribution >= 0.6 is 15.9 Å². The number of non-ortho nitro benzene ring substituents is 1. The first-order chi connectivity index (χ1) is 7.35. The van der Waals surface area contributed by atoms with Gasteiger partial charge < -0.3 is 5.73 Å². The van der Waals surface area contributed by atoms with E-state index >= 15 is 0 Å². The molecule has 0 aromatic heterocycles. The van der Waals surface area contributed by atoms with Crippen LogP contribution < -0.4 is 5.73 Å². The monoisotopic (exact) mass is 286 g/mol. The molecule has 1 unspecified atom stereocenters. The zero-order valence-electron chi connectivity index (χ0n) is 9.37. The Morgan fingerprint density at radius 1 is 1.56 bits per heavy atom. The highest BCUT2D eigenvalue weighted by atomic mass is 79.9. The van der Waals surface area contributed by atoms with Crippen molar-refractivity contribution in [1.82, 2.24) is 0 Å². The number of rotatable bonds is 4. The minimum Gasteiger partial charge on any atom is -0.325 e. The quantitative estimate of drug-likeness (QED) is 0.683. The highest BCUT2D eigenvalue weighted by molar-refractivity contribution is 9.10. The van der Waals surface area contributed by atoms with Gasteiger partial charge >= 0.3 is 0 Å². The SMILES string of the molecule is CCC(C)(N)Cc1ccc([N+](=O)[O-])cc1Br. The van der Waals surface area contributed by atoms with E-state index < -0.39 is 4.92 Å². The van der Waals surface area contributed by atoms with Gasteiger partial charge in [-0.2, -0.15) is 0 Å². The summed E-state index contributed by atoms with van der Waals surface area (Å²) in [5, 5.41) is 10.6. The van der Waals surface area contributed by atoms with Crippen LogP contribution in [0.1, 0.15) is 25.8 Å². The maximum atomic E-state index is 10.6. The molecule has 1 atom stereocenters. The highest BCUT2D eigenvalue weighted by Gasteiger charge is 2.19. The minimum absolute atomic E-state index is 0.0887. The lowest BCUT2D eigenvalue weighted by atomic mass is 9.91. The van der Waals surface area contributed by atoms with Crippen molar-refractivity contribution >= 4 is 21.6 Å². The van der Waals surface area contributed by atoms with Crippen molar-refractivity contribution in [3.63, 3.8) is 0 Å². The molecule has 2 N–H and O–H groups in total. The predicted octanol–water partition coefficient (Wildman–Crippen LogP) is 3.03. The molecule has 0 aliphatic heterocycles. The van der Waals surface area contributed by atoms with Gasteiger partial charge in [-0.25, -0.2) is 0 Å². The molecule has 0 aliphatic carbocycles. The van der Waals surface area contributed by atoms with E-state index in [1.165, 1.54) is 12.1 Å². The molecule has 1 aromatic rings. The predicted molar refractivity (Wildman–Crippen MR) is 67.4 cm³/mol. The summed E-state index contributed by atoms with van der Waals surface area (Å²) in [6.45, 7) is 4.00. The molecular weight excluding hydrogens is 272 g/mol. The van der Waals surface area contributed by atoms with Gasteiger partial charge in [0.25, 0.3) is 5.69 Å². The van der Waals surface area contributed by atoms with Gasteiger partial charge in [0, 0.05) is 22.1 Å². The molecule has 0 fully saturated rings. The Bertz CT molecular complexity index is 405. The molecule has 1 rings (SSSR count). The number of nitro groups is 1. The largest absolute Gasteiger partial charge is 0.325 e. The number of benzene rings is 1. The summed E-state index contributed by atoms with van der Waals surface area (Å²) in [7, 11) is 0. The molecular formula is C11H15BrN2O2. The van der Waals surface area contributed by atoms with Crippen LogP contribution in [0.4, 0.5) is 5.69 Å². The van der Waals surface area contributed by atoms with Crippen molar-refractivity contribution in [3.8, 4) is 0 Å². The summed E-state index contributed by atoms with van der Waals surface area (Å²) in [6.07, 6.45) is 1.55. The molecule has 0 bridgehead atoms. The number of nitrogens with two attached hydrogens (primary N) is 1. The summed E-state index contributed by atoms with van der Waals surface area (Å²) < 4.78 is 0.742. The average Bonchev–Trinajstić information content (AvgIpc) is 2.20. The van der Waals surface area contributed by atoms with Crippen LogP contribution in [0, 0.1) is 10.1 Å². The average molecular weight is 287 g/mol. The highest BCUT2D eigenvalue weighted by Crippen LogP contribution is 2.26. The molecule has 88 valence electrons. The van der Waals surface area contributed by atoms with Gasteiger partial charge in [-0.15, -0.1) is 0 Å². The fraction of sp³-hybridized carbons (Fsp3) is 0.455. The van der Waals surface area contributed by atoms with E-state index in [9.17, 15) is 10.1 Å². The Kier molecular flexibility index (Phi) is 4.04. The Morgan fingerprint density at radius 3 is 2.62 bits per heavy atom. The summed E-state index contributed by atoms with van der Waals surface area (Å²) >= 11 is 3.34. The van der Waals surface area contributed by atoms with E-state index in [2.05, 4.69) is 15.9 Å². The van der Waals surface area contributed by atoms with Crippen molar-refractivity contribution in [2.75, 3.05) is 0 Å². The van der Waals surface area contributed by atoms with Crippen molar-refractivity contribution in [2.45, 2.75) is 32.2 Å². The van der Waals surface area contributed by atoms with Gasteiger partial charge in [-0.3, -0.25) is 10.1 Å². The fourth-order valence-electron chi connectivity index (χ4n) is 1.35. The zero-order chi connectivity index (χ0) is 12.3. The molecule has 0 spiro atoms. The van der Waals surface area contributed by atoms with Crippen molar-refractivity contribution in [2.24, 2.45) is 5.73 Å². The van der Waals surface area contributed by atoms with Crippen LogP contribution in [0.25, 0.3) is 0 Å². The van der Waals surface area contributed by atoms with E-state index in [1.807, 2.05) is 13.8 Å². The first-order valence-electron chi connectivity index (χ1n) is 5.07. The Morgan fingerprint density at radius 2 is 2.19 bits per heavy atom. The van der Waals surface area contributed by atoms with Crippen LogP contribution in [0.15, 0.2) is 22.7 Å². The van der Waals surface area contributed by atoms with Crippen LogP contribution in [0.5, 0.6) is 0 Å². The van der Waals surface area contributed by atoms with E-state index in [-0.39, 0.29) is 11.2 Å². The Hall–Kier alpha value is -0.940. The van der Waals surface area contributed by atoms with Gasteiger partial charge in [0.05, 0.1) is 4.92 Å². The van der Waals surface area contributed by atoms with Gasteiger partial charge in [0.1, 0.15) is 0 Å². The molecule has 5 heteroatoms. The molecule has 16 heavy (non-hydrogen) atoms. The lowest BCUT2D eigenvalue weighted by Crippen LogP contribution is -2.37. The molecule has 0 amide bonds. The maximum absolute atomic E-state index is 10.6. The molecule has 4 nitrogen and oxygen atoms in total. The summed E-state index contributed by atoms with van der Waals surface area (Å²) in [4.78, 5) is 10.2. The first kappa shape index (κ1) is 13.1.